The van der Waals surface area contributed by atoms with Gasteiger partial charge < -0.3 is 20.2 Å². The molecule has 2 aliphatic heterocycles. The lowest BCUT2D eigenvalue weighted by atomic mass is 9.99. The number of carboxylic acid groups (broad SMARTS) is 1. The Kier molecular flexibility index (Phi) is 4.93. The number of nitrogens with one attached hydrogen (secondary N) is 1. The van der Waals surface area contributed by atoms with E-state index < -0.39 is 17.9 Å². The average molecular weight is 311 g/mol. The second kappa shape index (κ2) is 6.54. The minimum Gasteiger partial charge on any atom is -0.481 e. The topological polar surface area (TPSA) is 90.0 Å². The van der Waals surface area contributed by atoms with Crippen molar-refractivity contribution < 1.29 is 19.5 Å². The lowest BCUT2D eigenvalue weighted by Gasteiger charge is -2.28. The number of rotatable bonds is 3. The summed E-state index contributed by atoms with van der Waals surface area (Å²) in [5, 5.41) is 12.0. The van der Waals surface area contributed by atoms with E-state index in [1.807, 2.05) is 20.8 Å². The van der Waals surface area contributed by atoms with E-state index in [1.54, 1.807) is 9.80 Å². The van der Waals surface area contributed by atoms with Crippen LogP contribution in [0.3, 0.4) is 0 Å². The van der Waals surface area contributed by atoms with Crippen LogP contribution in [-0.4, -0.2) is 64.5 Å². The van der Waals surface area contributed by atoms with E-state index in [9.17, 15) is 19.5 Å². The van der Waals surface area contributed by atoms with Gasteiger partial charge in [-0.3, -0.25) is 9.59 Å². The SMILES string of the molecule is CC(C)NC(=O)N1CCC[C@H]1C(=O)N1C[C@@H](C)[C@H](C(=O)O)C1. The fourth-order valence-electron chi connectivity index (χ4n) is 3.28. The first-order valence-electron chi connectivity index (χ1n) is 7.90. The quantitative estimate of drug-likeness (QED) is 0.805. The molecule has 0 aromatic carbocycles. The number of amides is 3. The Balaban J connectivity index is 2.02. The predicted molar refractivity (Wildman–Crippen MR) is 80.3 cm³/mol. The molecule has 2 heterocycles. The van der Waals surface area contributed by atoms with E-state index in [2.05, 4.69) is 5.32 Å². The van der Waals surface area contributed by atoms with Gasteiger partial charge in [0.25, 0.3) is 0 Å². The predicted octanol–water partition coefficient (Wildman–Crippen LogP) is 0.748. The third kappa shape index (κ3) is 3.34. The molecular weight excluding hydrogens is 286 g/mol. The zero-order chi connectivity index (χ0) is 16.4. The number of carboxylic acids is 1. The zero-order valence-corrected chi connectivity index (χ0v) is 13.4. The largest absolute Gasteiger partial charge is 0.481 e. The molecule has 7 nitrogen and oxygen atoms in total. The molecule has 0 bridgehead atoms. The van der Waals surface area contributed by atoms with Gasteiger partial charge in [0.05, 0.1) is 5.92 Å². The number of carbonyl (C=O) groups is 3. The van der Waals surface area contributed by atoms with Gasteiger partial charge in [-0.1, -0.05) is 6.92 Å². The Bertz CT molecular complexity index is 466. The summed E-state index contributed by atoms with van der Waals surface area (Å²) in [6, 6.07) is -0.654. The van der Waals surface area contributed by atoms with E-state index >= 15 is 0 Å². The summed E-state index contributed by atoms with van der Waals surface area (Å²) < 4.78 is 0. The molecule has 3 atom stereocenters. The molecule has 0 aliphatic carbocycles. The van der Waals surface area contributed by atoms with Crippen LogP contribution in [0.25, 0.3) is 0 Å². The molecule has 0 aromatic rings. The van der Waals surface area contributed by atoms with Crippen LogP contribution >= 0.6 is 0 Å². The van der Waals surface area contributed by atoms with Crippen molar-refractivity contribution in [2.45, 2.75) is 45.7 Å². The van der Waals surface area contributed by atoms with Crippen molar-refractivity contribution in [3.8, 4) is 0 Å². The van der Waals surface area contributed by atoms with Crippen LogP contribution in [0.5, 0.6) is 0 Å². The molecule has 0 radical (unpaired) electrons. The molecule has 2 N–H and O–H groups in total. The molecule has 0 aromatic heterocycles. The number of aliphatic carboxylic acids is 1. The van der Waals surface area contributed by atoms with Crippen LogP contribution in [0.4, 0.5) is 4.79 Å². The lowest BCUT2D eigenvalue weighted by Crippen LogP contribution is -2.51. The van der Waals surface area contributed by atoms with Gasteiger partial charge in [0, 0.05) is 25.7 Å². The van der Waals surface area contributed by atoms with E-state index in [0.717, 1.165) is 6.42 Å². The number of nitrogens with zero attached hydrogens (tertiary/aromatic N) is 2. The third-order valence-corrected chi connectivity index (χ3v) is 4.45. The molecule has 2 aliphatic rings. The lowest BCUT2D eigenvalue weighted by molar-refractivity contribution is -0.142. The zero-order valence-electron chi connectivity index (χ0n) is 13.4. The first kappa shape index (κ1) is 16.6. The van der Waals surface area contributed by atoms with Crippen LogP contribution in [0.2, 0.25) is 0 Å². The molecule has 7 heteroatoms. The molecule has 2 saturated heterocycles. The molecule has 2 rings (SSSR count). The Morgan fingerprint density at radius 1 is 1.23 bits per heavy atom. The molecule has 22 heavy (non-hydrogen) atoms. The van der Waals surface area contributed by atoms with Crippen molar-refractivity contribution in [3.05, 3.63) is 0 Å². The van der Waals surface area contributed by atoms with Gasteiger partial charge in [0.2, 0.25) is 5.91 Å². The van der Waals surface area contributed by atoms with Crippen molar-refractivity contribution in [1.29, 1.82) is 0 Å². The van der Waals surface area contributed by atoms with Crippen LogP contribution in [0.1, 0.15) is 33.6 Å². The number of hydrogen-bond acceptors (Lipinski definition) is 3. The van der Waals surface area contributed by atoms with Gasteiger partial charge in [0.15, 0.2) is 0 Å². The summed E-state index contributed by atoms with van der Waals surface area (Å²) in [7, 11) is 0. The number of hydrogen-bond donors (Lipinski definition) is 2. The standard InChI is InChI=1S/C15H25N3O4/c1-9(2)16-15(22)18-6-4-5-12(18)13(19)17-7-10(3)11(8-17)14(20)21/h9-12H,4-8H2,1-3H3,(H,16,22)(H,20,21)/t10-,11-,12+/m1/s1. The van der Waals surface area contributed by atoms with Gasteiger partial charge >= 0.3 is 12.0 Å². The maximum absolute atomic E-state index is 12.7. The Labute approximate surface area is 130 Å². The highest BCUT2D eigenvalue weighted by Gasteiger charge is 2.42. The van der Waals surface area contributed by atoms with E-state index in [-0.39, 0.29) is 30.4 Å². The average Bonchev–Trinajstić information content (AvgIpc) is 3.03. The first-order chi connectivity index (χ1) is 10.3. The summed E-state index contributed by atoms with van der Waals surface area (Å²) in [5.41, 5.74) is 0. The van der Waals surface area contributed by atoms with E-state index in [1.165, 1.54) is 0 Å². The van der Waals surface area contributed by atoms with Crippen LogP contribution in [0, 0.1) is 11.8 Å². The fourth-order valence-corrected chi connectivity index (χ4v) is 3.28. The minimum atomic E-state index is -0.858. The maximum Gasteiger partial charge on any atom is 0.318 e. The van der Waals surface area contributed by atoms with Gasteiger partial charge in [-0.15, -0.1) is 0 Å². The number of urea groups is 1. The summed E-state index contributed by atoms with van der Waals surface area (Å²) in [6.07, 6.45) is 1.45. The van der Waals surface area contributed by atoms with Crippen molar-refractivity contribution in [2.75, 3.05) is 19.6 Å². The van der Waals surface area contributed by atoms with Gasteiger partial charge in [-0.25, -0.2) is 4.79 Å². The molecule has 3 amide bonds. The summed E-state index contributed by atoms with van der Waals surface area (Å²) in [6.45, 7) is 6.87. The van der Waals surface area contributed by atoms with Gasteiger partial charge in [-0.05, 0) is 32.6 Å². The smallest absolute Gasteiger partial charge is 0.318 e. The maximum atomic E-state index is 12.7. The highest BCUT2D eigenvalue weighted by molar-refractivity contribution is 5.88. The first-order valence-corrected chi connectivity index (χ1v) is 7.90. The second-order valence-electron chi connectivity index (χ2n) is 6.62. The molecular formula is C15H25N3O4. The van der Waals surface area contributed by atoms with Crippen molar-refractivity contribution in [2.24, 2.45) is 11.8 Å². The second-order valence-corrected chi connectivity index (χ2v) is 6.62. The molecule has 2 fully saturated rings. The van der Waals surface area contributed by atoms with Crippen LogP contribution in [-0.2, 0) is 9.59 Å². The van der Waals surface area contributed by atoms with Gasteiger partial charge in [0.1, 0.15) is 6.04 Å². The van der Waals surface area contributed by atoms with Crippen molar-refractivity contribution in [1.82, 2.24) is 15.1 Å². The molecule has 124 valence electrons. The number of likely N-dealkylation sites (tertiary alicyclic amines) is 2. The van der Waals surface area contributed by atoms with E-state index in [0.29, 0.717) is 19.5 Å². The fraction of sp³-hybridized carbons (Fsp3) is 0.800. The van der Waals surface area contributed by atoms with E-state index in [4.69, 9.17) is 0 Å². The normalized spacial score (nSPS) is 28.3. The van der Waals surface area contributed by atoms with Gasteiger partial charge in [-0.2, -0.15) is 0 Å². The molecule has 0 spiro atoms. The minimum absolute atomic E-state index is 0.0204. The van der Waals surface area contributed by atoms with Crippen LogP contribution in [0.15, 0.2) is 0 Å². The highest BCUT2D eigenvalue weighted by Crippen LogP contribution is 2.27. The Hall–Kier alpha value is -1.79. The van der Waals surface area contributed by atoms with Crippen LogP contribution < -0.4 is 5.32 Å². The Morgan fingerprint density at radius 2 is 1.91 bits per heavy atom. The monoisotopic (exact) mass is 311 g/mol. The van der Waals surface area contributed by atoms with Crippen molar-refractivity contribution in [3.63, 3.8) is 0 Å². The molecule has 0 unspecified atom stereocenters. The number of carbonyl (C=O) groups excluding carboxylic acids is 2. The third-order valence-electron chi connectivity index (χ3n) is 4.45. The summed E-state index contributed by atoms with van der Waals surface area (Å²) >= 11 is 0. The molecule has 0 saturated carbocycles. The Morgan fingerprint density at radius 3 is 2.45 bits per heavy atom. The summed E-state index contributed by atoms with van der Waals surface area (Å²) in [5.74, 6) is -1.54. The van der Waals surface area contributed by atoms with Crippen molar-refractivity contribution >= 4 is 17.9 Å². The summed E-state index contributed by atoms with van der Waals surface area (Å²) in [4.78, 5) is 39.2. The highest BCUT2D eigenvalue weighted by atomic mass is 16.4.